The number of hydrogen-bond acceptors (Lipinski definition) is 4. The SMILES string of the molecule is NC1(Cc2nc(C3CCC3)no2)CCC1. The van der Waals surface area contributed by atoms with Gasteiger partial charge in [0, 0.05) is 17.9 Å². The van der Waals surface area contributed by atoms with Crippen LogP contribution < -0.4 is 5.73 Å². The van der Waals surface area contributed by atoms with Crippen molar-refractivity contribution in [3.8, 4) is 0 Å². The number of rotatable bonds is 3. The van der Waals surface area contributed by atoms with E-state index in [1.807, 2.05) is 0 Å². The quantitative estimate of drug-likeness (QED) is 0.820. The molecule has 0 amide bonds. The van der Waals surface area contributed by atoms with Crippen LogP contribution in [-0.4, -0.2) is 15.7 Å². The summed E-state index contributed by atoms with van der Waals surface area (Å²) in [5.74, 6) is 2.19. The van der Waals surface area contributed by atoms with Crippen molar-refractivity contribution in [3.05, 3.63) is 11.7 Å². The fourth-order valence-electron chi connectivity index (χ4n) is 2.28. The molecule has 0 aromatic carbocycles. The first-order chi connectivity index (χ1) is 7.25. The zero-order valence-corrected chi connectivity index (χ0v) is 8.91. The molecule has 4 nitrogen and oxygen atoms in total. The highest BCUT2D eigenvalue weighted by Crippen LogP contribution is 2.36. The molecule has 0 radical (unpaired) electrons. The van der Waals surface area contributed by atoms with Crippen molar-refractivity contribution in [3.63, 3.8) is 0 Å². The van der Waals surface area contributed by atoms with Crippen LogP contribution in [0.2, 0.25) is 0 Å². The molecule has 2 N–H and O–H groups in total. The summed E-state index contributed by atoms with van der Waals surface area (Å²) in [6.07, 6.45) is 7.91. The van der Waals surface area contributed by atoms with Crippen LogP contribution in [-0.2, 0) is 6.42 Å². The number of hydrogen-bond donors (Lipinski definition) is 1. The fourth-order valence-corrected chi connectivity index (χ4v) is 2.28. The van der Waals surface area contributed by atoms with Gasteiger partial charge >= 0.3 is 0 Å². The maximum absolute atomic E-state index is 6.14. The minimum atomic E-state index is -0.0522. The molecule has 2 aliphatic carbocycles. The van der Waals surface area contributed by atoms with Gasteiger partial charge in [-0.3, -0.25) is 0 Å². The Morgan fingerprint density at radius 1 is 1.33 bits per heavy atom. The van der Waals surface area contributed by atoms with Crippen molar-refractivity contribution in [2.24, 2.45) is 5.73 Å². The standard InChI is InChI=1S/C11H17N3O/c12-11(5-2-6-11)7-9-13-10(14-15-9)8-3-1-4-8/h8H,1-7,12H2. The van der Waals surface area contributed by atoms with Crippen molar-refractivity contribution in [2.75, 3.05) is 0 Å². The van der Waals surface area contributed by atoms with Gasteiger partial charge in [-0.25, -0.2) is 0 Å². The maximum atomic E-state index is 6.14. The molecular weight excluding hydrogens is 190 g/mol. The predicted octanol–water partition coefficient (Wildman–Crippen LogP) is 1.76. The van der Waals surface area contributed by atoms with E-state index in [4.69, 9.17) is 10.3 Å². The van der Waals surface area contributed by atoms with Crippen molar-refractivity contribution < 1.29 is 4.52 Å². The summed E-state index contributed by atoms with van der Waals surface area (Å²) in [5, 5.41) is 4.04. The fraction of sp³-hybridized carbons (Fsp3) is 0.818. The van der Waals surface area contributed by atoms with E-state index in [1.165, 1.54) is 25.7 Å². The topological polar surface area (TPSA) is 64.9 Å². The molecule has 2 aliphatic rings. The van der Waals surface area contributed by atoms with Gasteiger partial charge in [0.1, 0.15) is 0 Å². The number of aromatic nitrogens is 2. The minimum Gasteiger partial charge on any atom is -0.339 e. The van der Waals surface area contributed by atoms with Gasteiger partial charge in [0.05, 0.1) is 0 Å². The summed E-state index contributed by atoms with van der Waals surface area (Å²) in [7, 11) is 0. The molecule has 1 heterocycles. The van der Waals surface area contributed by atoms with Gasteiger partial charge in [0.25, 0.3) is 0 Å². The zero-order chi connectivity index (χ0) is 10.3. The van der Waals surface area contributed by atoms with Crippen LogP contribution in [0.1, 0.15) is 56.2 Å². The maximum Gasteiger partial charge on any atom is 0.228 e. The molecule has 1 aromatic heterocycles. The Morgan fingerprint density at radius 2 is 2.13 bits per heavy atom. The number of nitrogens with zero attached hydrogens (tertiary/aromatic N) is 2. The Morgan fingerprint density at radius 3 is 2.67 bits per heavy atom. The largest absolute Gasteiger partial charge is 0.339 e. The molecule has 0 unspecified atom stereocenters. The molecule has 82 valence electrons. The first-order valence-electron chi connectivity index (χ1n) is 5.87. The zero-order valence-electron chi connectivity index (χ0n) is 8.91. The van der Waals surface area contributed by atoms with Gasteiger partial charge in [-0.15, -0.1) is 0 Å². The summed E-state index contributed by atoms with van der Waals surface area (Å²) in [5.41, 5.74) is 6.09. The molecule has 0 spiro atoms. The van der Waals surface area contributed by atoms with Crippen LogP contribution in [0.4, 0.5) is 0 Å². The Bertz CT molecular complexity index is 352. The molecule has 0 bridgehead atoms. The van der Waals surface area contributed by atoms with Gasteiger partial charge in [-0.05, 0) is 32.1 Å². The molecule has 0 atom stereocenters. The molecule has 2 fully saturated rings. The van der Waals surface area contributed by atoms with Crippen LogP contribution in [0.5, 0.6) is 0 Å². The van der Waals surface area contributed by atoms with Crippen LogP contribution in [0.3, 0.4) is 0 Å². The summed E-state index contributed by atoms with van der Waals surface area (Å²) >= 11 is 0. The van der Waals surface area contributed by atoms with E-state index in [2.05, 4.69) is 10.1 Å². The van der Waals surface area contributed by atoms with Crippen LogP contribution in [0, 0.1) is 0 Å². The van der Waals surface area contributed by atoms with Crippen LogP contribution >= 0.6 is 0 Å². The van der Waals surface area contributed by atoms with E-state index in [-0.39, 0.29) is 5.54 Å². The van der Waals surface area contributed by atoms with E-state index in [0.717, 1.165) is 31.0 Å². The summed E-state index contributed by atoms with van der Waals surface area (Å²) in [6, 6.07) is 0. The Hall–Kier alpha value is -0.900. The summed E-state index contributed by atoms with van der Waals surface area (Å²) in [6.45, 7) is 0. The third kappa shape index (κ3) is 1.67. The second kappa shape index (κ2) is 3.30. The average molecular weight is 207 g/mol. The highest BCUT2D eigenvalue weighted by molar-refractivity contribution is 5.04. The van der Waals surface area contributed by atoms with E-state index in [9.17, 15) is 0 Å². The molecule has 0 saturated heterocycles. The van der Waals surface area contributed by atoms with Gasteiger partial charge < -0.3 is 10.3 Å². The normalized spacial score (nSPS) is 24.6. The second-order valence-electron chi connectivity index (χ2n) is 5.07. The van der Waals surface area contributed by atoms with Crippen LogP contribution in [0.25, 0.3) is 0 Å². The molecule has 2 saturated carbocycles. The highest BCUT2D eigenvalue weighted by Gasteiger charge is 2.35. The molecule has 0 aliphatic heterocycles. The molecular formula is C11H17N3O. The lowest BCUT2D eigenvalue weighted by atomic mass is 9.75. The lowest BCUT2D eigenvalue weighted by molar-refractivity contribution is 0.221. The lowest BCUT2D eigenvalue weighted by Crippen LogP contribution is -2.48. The number of nitrogens with two attached hydrogens (primary N) is 1. The Kier molecular flexibility index (Phi) is 2.06. The molecule has 15 heavy (non-hydrogen) atoms. The molecule has 1 aromatic rings. The van der Waals surface area contributed by atoms with Crippen molar-refractivity contribution in [1.82, 2.24) is 10.1 Å². The van der Waals surface area contributed by atoms with Gasteiger partial charge in [-0.1, -0.05) is 11.6 Å². The third-order valence-corrected chi connectivity index (χ3v) is 3.81. The van der Waals surface area contributed by atoms with Crippen molar-refractivity contribution >= 4 is 0 Å². The van der Waals surface area contributed by atoms with E-state index in [1.54, 1.807) is 0 Å². The van der Waals surface area contributed by atoms with E-state index < -0.39 is 0 Å². The monoisotopic (exact) mass is 207 g/mol. The first-order valence-corrected chi connectivity index (χ1v) is 5.87. The summed E-state index contributed by atoms with van der Waals surface area (Å²) in [4.78, 5) is 4.44. The Balaban J connectivity index is 1.67. The molecule has 4 heteroatoms. The van der Waals surface area contributed by atoms with Gasteiger partial charge in [0.15, 0.2) is 5.82 Å². The first kappa shape index (κ1) is 9.33. The summed E-state index contributed by atoms with van der Waals surface area (Å²) < 4.78 is 5.25. The van der Waals surface area contributed by atoms with E-state index in [0.29, 0.717) is 5.92 Å². The van der Waals surface area contributed by atoms with Gasteiger partial charge in [-0.2, -0.15) is 4.98 Å². The van der Waals surface area contributed by atoms with Crippen molar-refractivity contribution in [2.45, 2.75) is 56.4 Å². The second-order valence-corrected chi connectivity index (χ2v) is 5.07. The average Bonchev–Trinajstić information content (AvgIpc) is 2.47. The van der Waals surface area contributed by atoms with E-state index >= 15 is 0 Å². The Labute approximate surface area is 89.2 Å². The minimum absolute atomic E-state index is 0.0522. The van der Waals surface area contributed by atoms with Gasteiger partial charge in [0.2, 0.25) is 5.89 Å². The lowest BCUT2D eigenvalue weighted by Gasteiger charge is -2.36. The van der Waals surface area contributed by atoms with Crippen molar-refractivity contribution in [1.29, 1.82) is 0 Å². The predicted molar refractivity (Wildman–Crippen MR) is 55.4 cm³/mol. The smallest absolute Gasteiger partial charge is 0.228 e. The molecule has 3 rings (SSSR count). The highest BCUT2D eigenvalue weighted by atomic mass is 16.5. The van der Waals surface area contributed by atoms with Crippen LogP contribution in [0.15, 0.2) is 4.52 Å². The third-order valence-electron chi connectivity index (χ3n) is 3.81.